The Bertz CT molecular complexity index is 879. The Kier molecular flexibility index (Phi) is 7.44. The summed E-state index contributed by atoms with van der Waals surface area (Å²) in [5.74, 6) is 2.78. The summed E-state index contributed by atoms with van der Waals surface area (Å²) < 4.78 is 6.48. The molecule has 4 rings (SSSR count). The zero-order valence-electron chi connectivity index (χ0n) is 18.0. The first kappa shape index (κ1) is 22.7. The molecule has 1 saturated carbocycles. The normalized spacial score (nSPS) is 19.4. The number of hydrogen-bond acceptors (Lipinski definition) is 4. The van der Waals surface area contributed by atoms with Gasteiger partial charge >= 0.3 is 0 Å². The number of halogens is 1. The van der Waals surface area contributed by atoms with Gasteiger partial charge in [0.2, 0.25) is 0 Å². The minimum absolute atomic E-state index is 0. The zero-order chi connectivity index (χ0) is 20.3. The highest BCUT2D eigenvalue weighted by atomic mass is 127. The lowest BCUT2D eigenvalue weighted by Crippen LogP contribution is -2.46. The summed E-state index contributed by atoms with van der Waals surface area (Å²) in [5.41, 5.74) is 2.31. The third kappa shape index (κ3) is 4.82. The van der Waals surface area contributed by atoms with Crippen LogP contribution in [0.15, 0.2) is 47.6 Å². The second-order valence-corrected chi connectivity index (χ2v) is 8.24. The van der Waals surface area contributed by atoms with Gasteiger partial charge in [-0.1, -0.05) is 24.3 Å². The van der Waals surface area contributed by atoms with Crippen molar-refractivity contribution in [1.29, 1.82) is 0 Å². The number of nitrogens with one attached hydrogen (secondary N) is 2. The largest absolute Gasteiger partial charge is 0.487 e. The minimum Gasteiger partial charge on any atom is -0.487 e. The summed E-state index contributed by atoms with van der Waals surface area (Å²) in [6.07, 6.45) is 7.56. The van der Waals surface area contributed by atoms with Gasteiger partial charge in [0, 0.05) is 51.4 Å². The van der Waals surface area contributed by atoms with Crippen LogP contribution in [0.5, 0.6) is 5.75 Å². The second-order valence-electron chi connectivity index (χ2n) is 8.24. The van der Waals surface area contributed by atoms with E-state index in [4.69, 9.17) is 4.74 Å². The fourth-order valence-electron chi connectivity index (χ4n) is 4.58. The van der Waals surface area contributed by atoms with E-state index in [1.807, 2.05) is 38.3 Å². The Morgan fingerprint density at radius 1 is 1.20 bits per heavy atom. The van der Waals surface area contributed by atoms with Crippen molar-refractivity contribution in [3.05, 3.63) is 53.7 Å². The van der Waals surface area contributed by atoms with Crippen molar-refractivity contribution in [2.45, 2.75) is 50.3 Å². The van der Waals surface area contributed by atoms with Gasteiger partial charge in [0.15, 0.2) is 5.96 Å². The summed E-state index contributed by atoms with van der Waals surface area (Å²) in [6.45, 7) is 0.664. The van der Waals surface area contributed by atoms with Crippen LogP contribution in [0.4, 0.5) is 5.82 Å². The van der Waals surface area contributed by atoms with E-state index in [2.05, 4.69) is 50.9 Å². The number of nitrogens with zero attached hydrogens (tertiary/aromatic N) is 3. The molecular weight excluding hydrogens is 489 g/mol. The summed E-state index contributed by atoms with van der Waals surface area (Å²) in [4.78, 5) is 11.0. The van der Waals surface area contributed by atoms with E-state index in [-0.39, 0.29) is 35.6 Å². The predicted octanol–water partition coefficient (Wildman–Crippen LogP) is 4.27. The van der Waals surface area contributed by atoms with Crippen molar-refractivity contribution in [3.63, 3.8) is 0 Å². The lowest BCUT2D eigenvalue weighted by Gasteiger charge is -2.40. The summed E-state index contributed by atoms with van der Waals surface area (Å²) in [6, 6.07) is 12.7. The fraction of sp³-hybridized carbons (Fsp3) is 0.478. The standard InChI is InChI=1S/C23H31N5O.HI/c1-24-22(26-16-17-9-8-14-25-21(17)28(2)3)27-19-15-23(12-6-7-13-23)29-20-11-5-4-10-18(19)20;/h4-5,8-11,14,19H,6-7,12-13,15-16H2,1-3H3,(H2,24,26,27);1H. The summed E-state index contributed by atoms with van der Waals surface area (Å²) in [5, 5.41) is 7.13. The van der Waals surface area contributed by atoms with E-state index >= 15 is 0 Å². The smallest absolute Gasteiger partial charge is 0.191 e. The number of aromatic nitrogens is 1. The molecule has 0 amide bonds. The van der Waals surface area contributed by atoms with Crippen LogP contribution >= 0.6 is 24.0 Å². The molecule has 0 radical (unpaired) electrons. The Morgan fingerprint density at radius 2 is 1.97 bits per heavy atom. The molecule has 2 heterocycles. The summed E-state index contributed by atoms with van der Waals surface area (Å²) in [7, 11) is 5.85. The molecule has 2 aromatic rings. The molecule has 1 aliphatic heterocycles. The van der Waals surface area contributed by atoms with E-state index < -0.39 is 0 Å². The van der Waals surface area contributed by atoms with Gasteiger partial charge in [-0.25, -0.2) is 4.98 Å². The van der Waals surface area contributed by atoms with Crippen LogP contribution in [-0.4, -0.2) is 37.7 Å². The van der Waals surface area contributed by atoms with Gasteiger partial charge in [-0.15, -0.1) is 24.0 Å². The van der Waals surface area contributed by atoms with E-state index in [9.17, 15) is 0 Å². The quantitative estimate of drug-likeness (QED) is 0.358. The lowest BCUT2D eigenvalue weighted by molar-refractivity contribution is 0.0396. The molecule has 1 aliphatic carbocycles. The monoisotopic (exact) mass is 521 g/mol. The fourth-order valence-corrected chi connectivity index (χ4v) is 4.58. The van der Waals surface area contributed by atoms with Crippen LogP contribution in [0, 0.1) is 0 Å². The number of ether oxygens (including phenoxy) is 1. The molecule has 30 heavy (non-hydrogen) atoms. The lowest BCUT2D eigenvalue weighted by atomic mass is 9.86. The van der Waals surface area contributed by atoms with Gasteiger partial charge in [-0.3, -0.25) is 4.99 Å². The van der Waals surface area contributed by atoms with E-state index in [1.165, 1.54) is 18.4 Å². The number of rotatable bonds is 4. The van der Waals surface area contributed by atoms with Crippen molar-refractivity contribution in [3.8, 4) is 5.75 Å². The molecule has 1 unspecified atom stereocenters. The number of anilines is 1. The molecule has 1 aromatic heterocycles. The highest BCUT2D eigenvalue weighted by Crippen LogP contribution is 2.46. The predicted molar refractivity (Wildman–Crippen MR) is 133 cm³/mol. The average molecular weight is 521 g/mol. The third-order valence-electron chi connectivity index (χ3n) is 5.98. The van der Waals surface area contributed by atoms with Gasteiger partial charge in [0.25, 0.3) is 0 Å². The molecular formula is C23H32IN5O. The Hall–Kier alpha value is -2.03. The van der Waals surface area contributed by atoms with Crippen molar-refractivity contribution >= 4 is 35.8 Å². The number of para-hydroxylation sites is 1. The zero-order valence-corrected chi connectivity index (χ0v) is 20.3. The molecule has 1 spiro atoms. The Balaban J connectivity index is 0.00000256. The van der Waals surface area contributed by atoms with Gasteiger partial charge in [0.05, 0.1) is 6.04 Å². The van der Waals surface area contributed by atoms with Gasteiger partial charge in [0.1, 0.15) is 17.2 Å². The first-order valence-electron chi connectivity index (χ1n) is 10.5. The van der Waals surface area contributed by atoms with Gasteiger partial charge < -0.3 is 20.3 Å². The molecule has 1 aromatic carbocycles. The minimum atomic E-state index is -0.0354. The third-order valence-corrected chi connectivity index (χ3v) is 5.98. The maximum Gasteiger partial charge on any atom is 0.191 e. The van der Waals surface area contributed by atoms with Crippen LogP contribution in [0.2, 0.25) is 0 Å². The van der Waals surface area contributed by atoms with Crippen molar-refractivity contribution in [1.82, 2.24) is 15.6 Å². The van der Waals surface area contributed by atoms with Gasteiger partial charge in [-0.2, -0.15) is 0 Å². The molecule has 7 heteroatoms. The Labute approximate surface area is 196 Å². The van der Waals surface area contributed by atoms with Crippen LogP contribution in [0.1, 0.15) is 49.3 Å². The van der Waals surface area contributed by atoms with Crippen molar-refractivity contribution in [2.75, 3.05) is 26.0 Å². The Morgan fingerprint density at radius 3 is 2.70 bits per heavy atom. The molecule has 6 nitrogen and oxygen atoms in total. The first-order valence-corrected chi connectivity index (χ1v) is 10.5. The maximum absolute atomic E-state index is 6.48. The molecule has 0 saturated heterocycles. The number of aliphatic imine (C=N–C) groups is 1. The molecule has 2 N–H and O–H groups in total. The van der Waals surface area contributed by atoms with E-state index in [0.717, 1.165) is 42.4 Å². The number of fused-ring (bicyclic) bond motifs is 1. The van der Waals surface area contributed by atoms with Crippen LogP contribution in [0.3, 0.4) is 0 Å². The highest BCUT2D eigenvalue weighted by Gasteiger charge is 2.43. The molecule has 2 aliphatic rings. The van der Waals surface area contributed by atoms with Crippen molar-refractivity contribution < 1.29 is 4.74 Å². The van der Waals surface area contributed by atoms with Crippen LogP contribution in [-0.2, 0) is 6.54 Å². The molecule has 162 valence electrons. The number of benzene rings is 1. The summed E-state index contributed by atoms with van der Waals surface area (Å²) >= 11 is 0. The second kappa shape index (κ2) is 9.85. The van der Waals surface area contributed by atoms with Crippen molar-refractivity contribution in [2.24, 2.45) is 4.99 Å². The van der Waals surface area contributed by atoms with Gasteiger partial charge in [-0.05, 0) is 37.8 Å². The SMILES string of the molecule is CN=C(NCc1cccnc1N(C)C)NC1CC2(CCCC2)Oc2ccccc21.I. The van der Waals surface area contributed by atoms with E-state index in [0.29, 0.717) is 6.54 Å². The average Bonchev–Trinajstić information content (AvgIpc) is 3.18. The number of hydrogen-bond donors (Lipinski definition) is 2. The van der Waals surface area contributed by atoms with Crippen LogP contribution < -0.4 is 20.3 Å². The number of guanidine groups is 1. The molecule has 1 fully saturated rings. The first-order chi connectivity index (χ1) is 14.1. The molecule has 0 bridgehead atoms. The number of pyridine rings is 1. The molecule has 1 atom stereocenters. The highest BCUT2D eigenvalue weighted by molar-refractivity contribution is 14.0. The topological polar surface area (TPSA) is 61.8 Å². The van der Waals surface area contributed by atoms with Crippen LogP contribution in [0.25, 0.3) is 0 Å². The maximum atomic E-state index is 6.48. The van der Waals surface area contributed by atoms with E-state index in [1.54, 1.807) is 0 Å².